The summed E-state index contributed by atoms with van der Waals surface area (Å²) in [6, 6.07) is 6.69. The molecule has 0 bridgehead atoms. The fraction of sp³-hybridized carbons (Fsp3) is 0.533. The Morgan fingerprint density at radius 2 is 1.90 bits per heavy atom. The highest BCUT2D eigenvalue weighted by Gasteiger charge is 2.08. The van der Waals surface area contributed by atoms with E-state index in [0.29, 0.717) is 11.6 Å². The van der Waals surface area contributed by atoms with Crippen LogP contribution >= 0.6 is 11.6 Å². The summed E-state index contributed by atoms with van der Waals surface area (Å²) in [6.45, 7) is 3.00. The van der Waals surface area contributed by atoms with Gasteiger partial charge in [0.15, 0.2) is 0 Å². The van der Waals surface area contributed by atoms with Crippen LogP contribution in [0.4, 0.5) is 4.79 Å². The third kappa shape index (κ3) is 6.78. The summed E-state index contributed by atoms with van der Waals surface area (Å²) in [5.41, 5.74) is 0.734. The summed E-state index contributed by atoms with van der Waals surface area (Å²) < 4.78 is 0. The van der Waals surface area contributed by atoms with E-state index >= 15 is 0 Å². The molecule has 0 aliphatic heterocycles. The van der Waals surface area contributed by atoms with Gasteiger partial charge in [0.05, 0.1) is 6.10 Å². The summed E-state index contributed by atoms with van der Waals surface area (Å²) in [6.07, 6.45) is 3.77. The lowest BCUT2D eigenvalue weighted by molar-refractivity contribution is 0.173. The average Bonchev–Trinajstić information content (AvgIpc) is 2.45. The second-order valence-electron chi connectivity index (χ2n) is 4.76. The van der Waals surface area contributed by atoms with Crippen molar-refractivity contribution in [2.24, 2.45) is 0 Å². The molecule has 0 saturated carbocycles. The maximum atomic E-state index is 11.5. The number of hydrogen-bond donors (Lipinski definition) is 3. The first-order valence-corrected chi connectivity index (χ1v) is 7.46. The number of carbonyl (C=O) groups excluding carboxylic acids is 1. The molecule has 1 rings (SSSR count). The van der Waals surface area contributed by atoms with E-state index in [2.05, 4.69) is 17.6 Å². The number of halogens is 1. The molecule has 0 spiro atoms. The predicted octanol–water partition coefficient (Wildman–Crippen LogP) is 3.25. The highest BCUT2D eigenvalue weighted by Crippen LogP contribution is 2.15. The fourth-order valence-corrected chi connectivity index (χ4v) is 1.93. The van der Waals surface area contributed by atoms with Crippen LogP contribution < -0.4 is 10.6 Å². The molecule has 0 aliphatic rings. The number of carbonyl (C=O) groups is 1. The number of rotatable bonds is 8. The van der Waals surface area contributed by atoms with Crippen molar-refractivity contribution < 1.29 is 9.90 Å². The molecule has 4 nitrogen and oxygen atoms in total. The minimum absolute atomic E-state index is 0.183. The molecule has 0 fully saturated rings. The van der Waals surface area contributed by atoms with Crippen molar-refractivity contribution in [1.29, 1.82) is 0 Å². The molecular formula is C15H23ClN2O2. The van der Waals surface area contributed by atoms with Crippen LogP contribution in [0.5, 0.6) is 0 Å². The van der Waals surface area contributed by atoms with Crippen molar-refractivity contribution in [3.8, 4) is 0 Å². The molecular weight excluding hydrogens is 276 g/mol. The molecule has 0 aromatic heterocycles. The van der Waals surface area contributed by atoms with Crippen molar-refractivity contribution in [1.82, 2.24) is 10.6 Å². The first kappa shape index (κ1) is 16.8. The van der Waals surface area contributed by atoms with E-state index < -0.39 is 6.10 Å². The van der Waals surface area contributed by atoms with Crippen LogP contribution in [-0.2, 0) is 0 Å². The number of aliphatic hydroxyl groups is 1. The maximum Gasteiger partial charge on any atom is 0.314 e. The zero-order valence-corrected chi connectivity index (χ0v) is 12.6. The topological polar surface area (TPSA) is 61.4 Å². The van der Waals surface area contributed by atoms with Gasteiger partial charge in [-0.1, -0.05) is 49.9 Å². The monoisotopic (exact) mass is 298 g/mol. The van der Waals surface area contributed by atoms with Gasteiger partial charge in [0.2, 0.25) is 0 Å². The van der Waals surface area contributed by atoms with Crippen LogP contribution in [0.1, 0.15) is 44.3 Å². The van der Waals surface area contributed by atoms with Crippen molar-refractivity contribution in [3.05, 3.63) is 34.9 Å². The molecule has 112 valence electrons. The van der Waals surface area contributed by atoms with E-state index in [9.17, 15) is 9.90 Å². The van der Waals surface area contributed by atoms with E-state index in [1.165, 1.54) is 12.8 Å². The Hall–Kier alpha value is -1.26. The molecule has 0 heterocycles. The standard InChI is InChI=1S/C15H23ClN2O2/c1-2-3-4-5-10-17-15(20)18-11-14(19)12-6-8-13(16)9-7-12/h6-9,14,19H,2-5,10-11H2,1H3,(H2,17,18,20)/t14-/m0/s1. The summed E-state index contributed by atoms with van der Waals surface area (Å²) in [5.74, 6) is 0. The lowest BCUT2D eigenvalue weighted by Gasteiger charge is -2.13. The van der Waals surface area contributed by atoms with Crippen molar-refractivity contribution in [3.63, 3.8) is 0 Å². The number of benzene rings is 1. The Balaban J connectivity index is 2.18. The van der Waals surface area contributed by atoms with Gasteiger partial charge >= 0.3 is 6.03 Å². The molecule has 1 atom stereocenters. The van der Waals surface area contributed by atoms with Crippen LogP contribution in [-0.4, -0.2) is 24.2 Å². The van der Waals surface area contributed by atoms with Gasteiger partial charge in [-0.2, -0.15) is 0 Å². The van der Waals surface area contributed by atoms with Crippen LogP contribution in [0.3, 0.4) is 0 Å². The molecule has 1 aromatic carbocycles. The van der Waals surface area contributed by atoms with E-state index in [1.807, 2.05) is 0 Å². The number of amides is 2. The molecule has 0 saturated heterocycles. The van der Waals surface area contributed by atoms with Crippen molar-refractivity contribution in [2.75, 3.05) is 13.1 Å². The molecule has 0 aliphatic carbocycles. The van der Waals surface area contributed by atoms with Gasteiger partial charge in [0, 0.05) is 18.1 Å². The smallest absolute Gasteiger partial charge is 0.314 e. The molecule has 3 N–H and O–H groups in total. The third-order valence-corrected chi connectivity index (χ3v) is 3.28. The number of hydrogen-bond acceptors (Lipinski definition) is 2. The summed E-state index contributed by atoms with van der Waals surface area (Å²) >= 11 is 5.78. The highest BCUT2D eigenvalue weighted by molar-refractivity contribution is 6.30. The zero-order chi connectivity index (χ0) is 14.8. The largest absolute Gasteiger partial charge is 0.387 e. The minimum Gasteiger partial charge on any atom is -0.387 e. The highest BCUT2D eigenvalue weighted by atomic mass is 35.5. The SMILES string of the molecule is CCCCCCNC(=O)NC[C@H](O)c1ccc(Cl)cc1. The first-order chi connectivity index (χ1) is 9.63. The molecule has 0 unspecified atom stereocenters. The van der Waals surface area contributed by atoms with Gasteiger partial charge in [-0.25, -0.2) is 4.79 Å². The first-order valence-electron chi connectivity index (χ1n) is 7.08. The van der Waals surface area contributed by atoms with Crippen LogP contribution in [0.2, 0.25) is 5.02 Å². The summed E-state index contributed by atoms with van der Waals surface area (Å²) in [7, 11) is 0. The van der Waals surface area contributed by atoms with E-state index in [1.54, 1.807) is 24.3 Å². The normalized spacial score (nSPS) is 11.9. The molecule has 2 amide bonds. The van der Waals surface area contributed by atoms with Gasteiger partial charge in [0.1, 0.15) is 0 Å². The fourth-order valence-electron chi connectivity index (χ4n) is 1.81. The average molecular weight is 299 g/mol. The van der Waals surface area contributed by atoms with Crippen LogP contribution in [0.25, 0.3) is 0 Å². The summed E-state index contributed by atoms with van der Waals surface area (Å²) in [4.78, 5) is 11.5. The number of urea groups is 1. The zero-order valence-electron chi connectivity index (χ0n) is 11.9. The molecule has 5 heteroatoms. The quantitative estimate of drug-likeness (QED) is 0.645. The van der Waals surface area contributed by atoms with Gasteiger partial charge in [0.25, 0.3) is 0 Å². The van der Waals surface area contributed by atoms with Gasteiger partial charge in [-0.15, -0.1) is 0 Å². The number of unbranched alkanes of at least 4 members (excludes halogenated alkanes) is 3. The van der Waals surface area contributed by atoms with Gasteiger partial charge < -0.3 is 15.7 Å². The van der Waals surface area contributed by atoms with Crippen LogP contribution in [0, 0.1) is 0 Å². The lowest BCUT2D eigenvalue weighted by Crippen LogP contribution is -2.38. The van der Waals surface area contributed by atoms with Gasteiger partial charge in [-0.05, 0) is 24.1 Å². The Kier molecular flexibility index (Phi) is 8.07. The van der Waals surface area contributed by atoms with Gasteiger partial charge in [-0.3, -0.25) is 0 Å². The summed E-state index contributed by atoms with van der Waals surface area (Å²) in [5, 5.41) is 16.0. The van der Waals surface area contributed by atoms with E-state index in [0.717, 1.165) is 18.4 Å². The third-order valence-electron chi connectivity index (χ3n) is 3.03. The molecule has 20 heavy (non-hydrogen) atoms. The Bertz CT molecular complexity index is 395. The Morgan fingerprint density at radius 3 is 2.55 bits per heavy atom. The molecule has 1 aromatic rings. The number of aliphatic hydroxyl groups excluding tert-OH is 1. The second kappa shape index (κ2) is 9.61. The van der Waals surface area contributed by atoms with E-state index in [4.69, 9.17) is 11.6 Å². The van der Waals surface area contributed by atoms with E-state index in [-0.39, 0.29) is 12.6 Å². The molecule has 0 radical (unpaired) electrons. The lowest BCUT2D eigenvalue weighted by atomic mass is 10.1. The van der Waals surface area contributed by atoms with Crippen molar-refractivity contribution in [2.45, 2.75) is 38.7 Å². The Morgan fingerprint density at radius 1 is 1.20 bits per heavy atom. The minimum atomic E-state index is -0.724. The van der Waals surface area contributed by atoms with Crippen LogP contribution in [0.15, 0.2) is 24.3 Å². The number of nitrogens with one attached hydrogen (secondary N) is 2. The Labute approximate surface area is 125 Å². The maximum absolute atomic E-state index is 11.5. The predicted molar refractivity (Wildman–Crippen MR) is 82.0 cm³/mol. The second-order valence-corrected chi connectivity index (χ2v) is 5.20. The van der Waals surface area contributed by atoms with Crippen molar-refractivity contribution >= 4 is 17.6 Å².